The van der Waals surface area contributed by atoms with Gasteiger partial charge in [0, 0.05) is 22.5 Å². The molecular weight excluding hydrogens is 437 g/mol. The molecule has 0 aliphatic carbocycles. The second kappa shape index (κ2) is 8.11. The molecule has 0 bridgehead atoms. The molecule has 1 aromatic heterocycles. The van der Waals surface area contributed by atoms with Gasteiger partial charge in [0.05, 0.1) is 11.3 Å². The molecule has 0 amide bonds. The maximum absolute atomic E-state index is 13.7. The van der Waals surface area contributed by atoms with Crippen LogP contribution >= 0.6 is 11.6 Å². The second-order valence-corrected chi connectivity index (χ2v) is 8.42. The zero-order chi connectivity index (χ0) is 23.1. The highest BCUT2D eigenvalue weighted by molar-refractivity contribution is 6.30. The topological polar surface area (TPSA) is 38.0 Å². The summed E-state index contributed by atoms with van der Waals surface area (Å²) in [6.07, 6.45) is -2.98. The van der Waals surface area contributed by atoms with Crippen LogP contribution in [0.25, 0.3) is 28.2 Å². The van der Waals surface area contributed by atoms with Gasteiger partial charge in [0.15, 0.2) is 0 Å². The van der Waals surface area contributed by atoms with Crippen LogP contribution in [0.1, 0.15) is 25.1 Å². The number of alkyl halides is 3. The van der Waals surface area contributed by atoms with Crippen LogP contribution in [-0.2, 0) is 11.8 Å². The summed E-state index contributed by atoms with van der Waals surface area (Å²) < 4.78 is 42.8. The van der Waals surface area contributed by atoms with Crippen LogP contribution in [0.4, 0.5) is 13.2 Å². The third-order valence-electron chi connectivity index (χ3n) is 5.09. The lowest BCUT2D eigenvalue weighted by molar-refractivity contribution is -0.137. The molecule has 0 aliphatic rings. The Morgan fingerprint density at radius 3 is 2.19 bits per heavy atom. The number of aliphatic hydroxyl groups is 1. The van der Waals surface area contributed by atoms with Crippen molar-refractivity contribution in [2.45, 2.75) is 25.6 Å². The summed E-state index contributed by atoms with van der Waals surface area (Å²) in [4.78, 5) is 4.41. The number of rotatable bonds is 4. The van der Waals surface area contributed by atoms with Gasteiger partial charge < -0.3 is 5.11 Å². The first-order valence-corrected chi connectivity index (χ1v) is 10.3. The maximum atomic E-state index is 13.7. The molecule has 164 valence electrons. The Hall–Kier alpha value is -3.09. The first kappa shape index (κ1) is 22.1. The first-order valence-electron chi connectivity index (χ1n) is 9.89. The zero-order valence-electron chi connectivity index (χ0n) is 17.4. The van der Waals surface area contributed by atoms with Crippen molar-refractivity contribution in [3.8, 4) is 28.2 Å². The van der Waals surface area contributed by atoms with Crippen molar-refractivity contribution in [2.75, 3.05) is 0 Å². The third kappa shape index (κ3) is 4.42. The van der Waals surface area contributed by atoms with Gasteiger partial charge in [-0.05, 0) is 55.3 Å². The quantitative estimate of drug-likeness (QED) is 0.355. The number of benzene rings is 3. The fourth-order valence-electron chi connectivity index (χ4n) is 3.49. The molecule has 32 heavy (non-hydrogen) atoms. The van der Waals surface area contributed by atoms with Crippen LogP contribution in [-0.4, -0.2) is 14.7 Å². The van der Waals surface area contributed by atoms with Gasteiger partial charge in [0.1, 0.15) is 11.4 Å². The molecule has 0 radical (unpaired) electrons. The van der Waals surface area contributed by atoms with Crippen molar-refractivity contribution in [3.05, 3.63) is 95.3 Å². The molecule has 4 rings (SSSR count). The average Bonchev–Trinajstić information content (AvgIpc) is 3.19. The summed E-state index contributed by atoms with van der Waals surface area (Å²) in [5.41, 5.74) is 0.398. The molecule has 3 aromatic carbocycles. The van der Waals surface area contributed by atoms with E-state index >= 15 is 0 Å². The summed E-state index contributed by atoms with van der Waals surface area (Å²) in [5, 5.41) is 11.1. The third-order valence-corrected chi connectivity index (χ3v) is 5.32. The Kier molecular flexibility index (Phi) is 5.61. The predicted molar refractivity (Wildman–Crippen MR) is 120 cm³/mol. The molecule has 3 nitrogen and oxygen atoms in total. The predicted octanol–water partition coefficient (Wildman–Crippen LogP) is 7.11. The summed E-state index contributed by atoms with van der Waals surface area (Å²) in [7, 11) is 0. The van der Waals surface area contributed by atoms with Gasteiger partial charge >= 0.3 is 6.18 Å². The molecule has 1 N–H and O–H groups in total. The van der Waals surface area contributed by atoms with Gasteiger partial charge in [-0.15, -0.1) is 0 Å². The molecule has 0 saturated carbocycles. The van der Waals surface area contributed by atoms with Crippen molar-refractivity contribution < 1.29 is 18.3 Å². The summed E-state index contributed by atoms with van der Waals surface area (Å²) in [5.74, 6) is 0.0956. The van der Waals surface area contributed by atoms with Crippen molar-refractivity contribution in [1.82, 2.24) is 9.55 Å². The van der Waals surface area contributed by atoms with Crippen LogP contribution in [0.2, 0.25) is 5.02 Å². The van der Waals surface area contributed by atoms with Crippen molar-refractivity contribution in [3.63, 3.8) is 0 Å². The van der Waals surface area contributed by atoms with E-state index in [-0.39, 0.29) is 17.1 Å². The number of imidazole rings is 1. The monoisotopic (exact) mass is 456 g/mol. The normalized spacial score (nSPS) is 12.2. The summed E-state index contributed by atoms with van der Waals surface area (Å²) in [6.45, 7) is 3.09. The van der Waals surface area contributed by atoms with Crippen LogP contribution in [0, 0.1) is 0 Å². The van der Waals surface area contributed by atoms with Gasteiger partial charge in [0.25, 0.3) is 0 Å². The van der Waals surface area contributed by atoms with Crippen LogP contribution < -0.4 is 0 Å². The van der Waals surface area contributed by atoms with Crippen molar-refractivity contribution >= 4 is 11.6 Å². The van der Waals surface area contributed by atoms with E-state index < -0.39 is 17.3 Å². The average molecular weight is 457 g/mol. The lowest BCUT2D eigenvalue weighted by Gasteiger charge is -2.14. The highest BCUT2D eigenvalue weighted by atomic mass is 35.5. The Morgan fingerprint density at radius 1 is 0.875 bits per heavy atom. The highest BCUT2D eigenvalue weighted by Gasteiger charge is 2.35. The van der Waals surface area contributed by atoms with E-state index in [1.807, 2.05) is 36.4 Å². The van der Waals surface area contributed by atoms with Crippen molar-refractivity contribution in [2.24, 2.45) is 0 Å². The Labute approximate surface area is 188 Å². The minimum Gasteiger partial charge on any atom is -0.384 e. The van der Waals surface area contributed by atoms with E-state index in [1.54, 1.807) is 36.7 Å². The molecule has 0 aliphatic heterocycles. The molecule has 7 heteroatoms. The van der Waals surface area contributed by atoms with E-state index in [4.69, 9.17) is 11.6 Å². The molecule has 1 heterocycles. The minimum absolute atomic E-state index is 0.0661. The van der Waals surface area contributed by atoms with E-state index in [0.717, 1.165) is 17.2 Å². The fraction of sp³-hybridized carbons (Fsp3) is 0.160. The smallest absolute Gasteiger partial charge is 0.384 e. The molecule has 0 fully saturated rings. The zero-order valence-corrected chi connectivity index (χ0v) is 18.1. The highest BCUT2D eigenvalue weighted by Crippen LogP contribution is 2.38. The lowest BCUT2D eigenvalue weighted by atomic mass is 10.0. The van der Waals surface area contributed by atoms with Gasteiger partial charge in [-0.3, -0.25) is 4.57 Å². The van der Waals surface area contributed by atoms with E-state index in [0.29, 0.717) is 10.7 Å². The van der Waals surface area contributed by atoms with Gasteiger partial charge in [-0.2, -0.15) is 13.2 Å². The van der Waals surface area contributed by atoms with Crippen LogP contribution in [0.15, 0.2) is 79.0 Å². The maximum Gasteiger partial charge on any atom is 0.417 e. The number of aromatic nitrogens is 2. The minimum atomic E-state index is -4.55. The SMILES string of the molecule is CC(C)(O)c1cn(-c2cccc(-c3cccc(Cl)c3)c2)c(-c2ccccc2C(F)(F)F)n1. The van der Waals surface area contributed by atoms with Crippen molar-refractivity contribution in [1.29, 1.82) is 0 Å². The van der Waals surface area contributed by atoms with E-state index in [1.165, 1.54) is 18.2 Å². The molecule has 0 spiro atoms. The Morgan fingerprint density at radius 2 is 1.53 bits per heavy atom. The van der Waals surface area contributed by atoms with Gasteiger partial charge in [0.2, 0.25) is 0 Å². The molecule has 0 atom stereocenters. The molecule has 0 unspecified atom stereocenters. The lowest BCUT2D eigenvalue weighted by Crippen LogP contribution is -2.15. The number of hydrogen-bond acceptors (Lipinski definition) is 2. The standard InChI is InChI=1S/C25H20ClF3N2O/c1-24(2,32)22-15-31(23(30-22)20-11-3-4-12-21(20)25(27,28)29)19-10-6-8-17(14-19)16-7-5-9-18(26)13-16/h3-15,32H,1-2H3. The molecular formula is C25H20ClF3N2O. The second-order valence-electron chi connectivity index (χ2n) is 7.98. The molecule has 0 saturated heterocycles. The van der Waals surface area contributed by atoms with E-state index in [2.05, 4.69) is 4.98 Å². The first-order chi connectivity index (χ1) is 15.0. The Bertz CT molecular complexity index is 1270. The molecule has 4 aromatic rings. The van der Waals surface area contributed by atoms with Crippen LogP contribution in [0.3, 0.4) is 0 Å². The summed E-state index contributed by atoms with van der Waals surface area (Å²) in [6, 6.07) is 20.0. The Balaban J connectivity index is 1.94. The number of halogens is 4. The summed E-state index contributed by atoms with van der Waals surface area (Å²) >= 11 is 6.12. The largest absolute Gasteiger partial charge is 0.417 e. The van der Waals surface area contributed by atoms with E-state index in [9.17, 15) is 18.3 Å². The number of hydrogen-bond donors (Lipinski definition) is 1. The number of nitrogens with zero attached hydrogens (tertiary/aromatic N) is 2. The fourth-order valence-corrected chi connectivity index (χ4v) is 3.68. The van der Waals surface area contributed by atoms with Crippen LogP contribution in [0.5, 0.6) is 0 Å². The van der Waals surface area contributed by atoms with Gasteiger partial charge in [-0.25, -0.2) is 4.98 Å². The van der Waals surface area contributed by atoms with Gasteiger partial charge in [-0.1, -0.05) is 54.1 Å².